The van der Waals surface area contributed by atoms with Gasteiger partial charge in [-0.05, 0) is 22.9 Å². The van der Waals surface area contributed by atoms with Gasteiger partial charge >= 0.3 is 6.01 Å². The van der Waals surface area contributed by atoms with E-state index in [1.165, 1.54) is 7.11 Å². The van der Waals surface area contributed by atoms with E-state index in [4.69, 9.17) is 14.2 Å². The van der Waals surface area contributed by atoms with Gasteiger partial charge in [-0.1, -0.05) is 30.3 Å². The summed E-state index contributed by atoms with van der Waals surface area (Å²) in [6, 6.07) is 15.9. The fourth-order valence-electron chi connectivity index (χ4n) is 3.38. The lowest BCUT2D eigenvalue weighted by molar-refractivity contribution is -0.135. The van der Waals surface area contributed by atoms with Gasteiger partial charge in [-0.2, -0.15) is 4.98 Å². The molecule has 4 rings (SSSR count). The molecule has 29 heavy (non-hydrogen) atoms. The molecule has 0 aliphatic carbocycles. The van der Waals surface area contributed by atoms with Crippen molar-refractivity contribution in [1.29, 1.82) is 0 Å². The molecule has 2 heterocycles. The van der Waals surface area contributed by atoms with Gasteiger partial charge in [0, 0.05) is 38.2 Å². The van der Waals surface area contributed by atoms with E-state index in [0.717, 1.165) is 23.6 Å². The molecule has 1 saturated heterocycles. The number of carbonyl (C=O) groups is 1. The van der Waals surface area contributed by atoms with Gasteiger partial charge in [0.15, 0.2) is 6.61 Å². The summed E-state index contributed by atoms with van der Waals surface area (Å²) in [6.45, 7) is 1.30. The lowest BCUT2D eigenvalue weighted by Gasteiger charge is -2.31. The lowest BCUT2D eigenvalue weighted by Crippen LogP contribution is -2.43. The van der Waals surface area contributed by atoms with Crippen molar-refractivity contribution in [2.75, 3.05) is 26.8 Å². The summed E-state index contributed by atoms with van der Waals surface area (Å²) >= 11 is 0. The monoisotopic (exact) mass is 393 g/mol. The molecular formula is C22H23N3O4. The van der Waals surface area contributed by atoms with Gasteiger partial charge in [0.2, 0.25) is 5.88 Å². The van der Waals surface area contributed by atoms with E-state index in [9.17, 15) is 4.79 Å². The molecule has 0 N–H and O–H groups in total. The summed E-state index contributed by atoms with van der Waals surface area (Å²) in [5, 5.41) is 2.24. The van der Waals surface area contributed by atoms with Gasteiger partial charge in [-0.25, -0.2) is 4.98 Å². The maximum absolute atomic E-state index is 12.5. The summed E-state index contributed by atoms with van der Waals surface area (Å²) in [7, 11) is 1.52. The van der Waals surface area contributed by atoms with Crippen molar-refractivity contribution in [3.05, 3.63) is 54.7 Å². The minimum absolute atomic E-state index is 0.0136. The molecule has 1 aliphatic rings. The van der Waals surface area contributed by atoms with E-state index in [2.05, 4.69) is 9.97 Å². The highest BCUT2D eigenvalue weighted by molar-refractivity contribution is 5.84. The van der Waals surface area contributed by atoms with E-state index in [-0.39, 0.29) is 24.6 Å². The number of hydrogen-bond acceptors (Lipinski definition) is 6. The second kappa shape index (κ2) is 8.77. The van der Waals surface area contributed by atoms with Crippen LogP contribution in [0.15, 0.2) is 54.7 Å². The van der Waals surface area contributed by atoms with E-state index in [1.807, 2.05) is 47.4 Å². The average molecular weight is 393 g/mol. The second-order valence-electron chi connectivity index (χ2n) is 6.88. The smallest absolute Gasteiger partial charge is 0.319 e. The molecule has 3 aromatic rings. The minimum atomic E-state index is -0.0136. The first-order valence-electron chi connectivity index (χ1n) is 9.64. The number of nitrogens with zero attached hydrogens (tertiary/aromatic N) is 3. The molecule has 1 aromatic heterocycles. The van der Waals surface area contributed by atoms with Crippen molar-refractivity contribution in [1.82, 2.24) is 14.9 Å². The number of hydrogen-bond donors (Lipinski definition) is 0. The zero-order chi connectivity index (χ0) is 20.1. The summed E-state index contributed by atoms with van der Waals surface area (Å²) in [4.78, 5) is 22.5. The molecule has 0 atom stereocenters. The summed E-state index contributed by atoms with van der Waals surface area (Å²) < 4.78 is 16.6. The first kappa shape index (κ1) is 19.0. The Labute approximate surface area is 169 Å². The topological polar surface area (TPSA) is 73.8 Å². The molecule has 7 heteroatoms. The number of benzene rings is 2. The van der Waals surface area contributed by atoms with Gasteiger partial charge in [0.05, 0.1) is 7.11 Å². The van der Waals surface area contributed by atoms with Crippen LogP contribution in [0.4, 0.5) is 0 Å². The van der Waals surface area contributed by atoms with Crippen molar-refractivity contribution in [2.24, 2.45) is 0 Å². The highest BCUT2D eigenvalue weighted by Gasteiger charge is 2.24. The van der Waals surface area contributed by atoms with Crippen LogP contribution in [0.1, 0.15) is 12.8 Å². The highest BCUT2D eigenvalue weighted by Crippen LogP contribution is 2.21. The highest BCUT2D eigenvalue weighted by atomic mass is 16.5. The number of amides is 1. The molecule has 0 saturated carbocycles. The summed E-state index contributed by atoms with van der Waals surface area (Å²) in [5.41, 5.74) is 0. The van der Waals surface area contributed by atoms with Crippen LogP contribution in [-0.2, 0) is 4.79 Å². The van der Waals surface area contributed by atoms with Gasteiger partial charge in [-0.3, -0.25) is 4.79 Å². The Bertz CT molecular complexity index is 986. The van der Waals surface area contributed by atoms with Crippen molar-refractivity contribution >= 4 is 16.7 Å². The van der Waals surface area contributed by atoms with Crippen LogP contribution in [0.3, 0.4) is 0 Å². The number of piperidine rings is 1. The van der Waals surface area contributed by atoms with Crippen molar-refractivity contribution < 1.29 is 19.0 Å². The Morgan fingerprint density at radius 3 is 2.69 bits per heavy atom. The van der Waals surface area contributed by atoms with Crippen molar-refractivity contribution in [3.63, 3.8) is 0 Å². The Morgan fingerprint density at radius 2 is 1.90 bits per heavy atom. The Kier molecular flexibility index (Phi) is 5.74. The molecular weight excluding hydrogens is 370 g/mol. The predicted octanol–water partition coefficient (Wildman–Crippen LogP) is 3.09. The SMILES string of the molecule is COc1nccc(OC2CCN(C(=O)COc3ccc4ccccc4c3)CC2)n1. The van der Waals surface area contributed by atoms with E-state index >= 15 is 0 Å². The Morgan fingerprint density at radius 1 is 1.10 bits per heavy atom. The first-order valence-corrected chi connectivity index (χ1v) is 9.64. The summed E-state index contributed by atoms with van der Waals surface area (Å²) in [5.74, 6) is 1.18. The predicted molar refractivity (Wildman–Crippen MR) is 108 cm³/mol. The van der Waals surface area contributed by atoms with E-state index in [0.29, 0.717) is 24.7 Å². The van der Waals surface area contributed by atoms with Gasteiger partial charge in [-0.15, -0.1) is 0 Å². The van der Waals surface area contributed by atoms with Crippen LogP contribution in [0.25, 0.3) is 10.8 Å². The number of fused-ring (bicyclic) bond motifs is 1. The average Bonchev–Trinajstić information content (AvgIpc) is 2.78. The fraction of sp³-hybridized carbons (Fsp3) is 0.318. The number of carbonyl (C=O) groups excluding carboxylic acids is 1. The Balaban J connectivity index is 1.26. The molecule has 0 spiro atoms. The third-order valence-corrected chi connectivity index (χ3v) is 4.96. The van der Waals surface area contributed by atoms with Crippen LogP contribution in [0, 0.1) is 0 Å². The van der Waals surface area contributed by atoms with E-state index in [1.54, 1.807) is 12.3 Å². The standard InChI is InChI=1S/C22H23N3O4/c1-27-22-23-11-8-20(24-22)29-18-9-12-25(13-10-18)21(26)15-28-19-7-6-16-4-2-3-5-17(16)14-19/h2-8,11,14,18H,9-10,12-13,15H2,1H3. The maximum Gasteiger partial charge on any atom is 0.319 e. The third kappa shape index (κ3) is 4.74. The van der Waals surface area contributed by atoms with Crippen LogP contribution in [0.5, 0.6) is 17.6 Å². The number of likely N-dealkylation sites (tertiary alicyclic amines) is 1. The zero-order valence-electron chi connectivity index (χ0n) is 16.3. The molecule has 0 bridgehead atoms. The third-order valence-electron chi connectivity index (χ3n) is 4.96. The summed E-state index contributed by atoms with van der Waals surface area (Å²) in [6.07, 6.45) is 3.10. The van der Waals surface area contributed by atoms with Gasteiger partial charge in [0.1, 0.15) is 11.9 Å². The largest absolute Gasteiger partial charge is 0.484 e. The van der Waals surface area contributed by atoms with E-state index < -0.39 is 0 Å². The molecule has 0 radical (unpaired) electrons. The maximum atomic E-state index is 12.5. The van der Waals surface area contributed by atoms with Crippen LogP contribution < -0.4 is 14.2 Å². The number of rotatable bonds is 6. The molecule has 150 valence electrons. The minimum Gasteiger partial charge on any atom is -0.484 e. The molecule has 1 fully saturated rings. The quantitative estimate of drug-likeness (QED) is 0.641. The van der Waals surface area contributed by atoms with Gasteiger partial charge < -0.3 is 19.1 Å². The number of aromatic nitrogens is 2. The molecule has 1 aliphatic heterocycles. The van der Waals surface area contributed by atoms with Gasteiger partial charge in [0.25, 0.3) is 5.91 Å². The van der Waals surface area contributed by atoms with Crippen LogP contribution in [0.2, 0.25) is 0 Å². The van der Waals surface area contributed by atoms with Crippen LogP contribution in [-0.4, -0.2) is 53.7 Å². The Hall–Kier alpha value is -3.35. The second-order valence-corrected chi connectivity index (χ2v) is 6.88. The molecule has 1 amide bonds. The number of methoxy groups -OCH3 is 1. The zero-order valence-corrected chi connectivity index (χ0v) is 16.3. The fourth-order valence-corrected chi connectivity index (χ4v) is 3.38. The van der Waals surface area contributed by atoms with Crippen molar-refractivity contribution in [3.8, 4) is 17.6 Å². The normalized spacial score (nSPS) is 14.6. The van der Waals surface area contributed by atoms with Crippen molar-refractivity contribution in [2.45, 2.75) is 18.9 Å². The molecule has 0 unspecified atom stereocenters. The first-order chi connectivity index (χ1) is 14.2. The number of ether oxygens (including phenoxy) is 3. The molecule has 2 aromatic carbocycles. The van der Waals surface area contributed by atoms with Crippen LogP contribution >= 0.6 is 0 Å². The lowest BCUT2D eigenvalue weighted by atomic mass is 10.1. The molecule has 7 nitrogen and oxygen atoms in total.